The van der Waals surface area contributed by atoms with E-state index in [9.17, 15) is 4.79 Å². The first kappa shape index (κ1) is 18.0. The molecule has 1 amide bonds. The van der Waals surface area contributed by atoms with Gasteiger partial charge >= 0.3 is 0 Å². The maximum absolute atomic E-state index is 12.1. The van der Waals surface area contributed by atoms with Crippen molar-refractivity contribution >= 4 is 45.0 Å². The lowest BCUT2D eigenvalue weighted by atomic mass is 10.1. The van der Waals surface area contributed by atoms with Crippen LogP contribution in [0.15, 0.2) is 40.9 Å². The minimum absolute atomic E-state index is 0. The molecule has 1 aliphatic heterocycles. The summed E-state index contributed by atoms with van der Waals surface area (Å²) in [5, 5.41) is 2.23. The average Bonchev–Trinajstić information content (AvgIpc) is 3.01. The second kappa shape index (κ2) is 7.99. The Morgan fingerprint density at radius 2 is 2.00 bits per heavy atom. The molecule has 23 heavy (non-hydrogen) atoms. The minimum Gasteiger partial charge on any atom is -0.484 e. The normalized spacial score (nSPS) is 17.1. The quantitative estimate of drug-likeness (QED) is 0.859. The minimum atomic E-state index is 0. The van der Waals surface area contributed by atoms with Crippen molar-refractivity contribution in [1.29, 1.82) is 0 Å². The van der Waals surface area contributed by atoms with Gasteiger partial charge in [-0.3, -0.25) is 4.79 Å². The molecule has 1 heterocycles. The summed E-state index contributed by atoms with van der Waals surface area (Å²) in [5.74, 6) is 1.19. The molecule has 1 fully saturated rings. The van der Waals surface area contributed by atoms with E-state index in [1.807, 2.05) is 35.2 Å². The number of hydrogen-bond donors (Lipinski definition) is 1. The van der Waals surface area contributed by atoms with E-state index in [2.05, 4.69) is 22.0 Å². The van der Waals surface area contributed by atoms with E-state index >= 15 is 0 Å². The topological polar surface area (TPSA) is 55.6 Å². The predicted molar refractivity (Wildman–Crippen MR) is 98.1 cm³/mol. The molecular weight excluding hydrogens is 380 g/mol. The van der Waals surface area contributed by atoms with E-state index in [0.29, 0.717) is 12.5 Å². The van der Waals surface area contributed by atoms with Crippen molar-refractivity contribution < 1.29 is 9.53 Å². The number of ether oxygens (including phenoxy) is 1. The number of carbonyl (C=O) groups is 1. The molecule has 0 bridgehead atoms. The molecule has 0 aliphatic carbocycles. The number of nitrogens with zero attached hydrogens (tertiary/aromatic N) is 1. The summed E-state index contributed by atoms with van der Waals surface area (Å²) in [6, 6.07) is 11.9. The number of nitrogens with two attached hydrogens (primary N) is 1. The summed E-state index contributed by atoms with van der Waals surface area (Å²) in [5.41, 5.74) is 5.65. The van der Waals surface area contributed by atoms with Gasteiger partial charge in [0.15, 0.2) is 6.61 Å². The van der Waals surface area contributed by atoms with Crippen LogP contribution in [-0.2, 0) is 4.79 Å². The van der Waals surface area contributed by atoms with Crippen molar-refractivity contribution in [2.24, 2.45) is 11.7 Å². The standard InChI is InChI=1S/C17H19BrN2O2.ClH/c18-15-3-1-14-8-16(4-2-13(14)7-15)22-11-17(21)20-6-5-12(9-19)10-20;/h1-4,7-8,12H,5-6,9-11,19H2;1H. The van der Waals surface area contributed by atoms with Gasteiger partial charge in [0.1, 0.15) is 5.75 Å². The fraction of sp³-hybridized carbons (Fsp3) is 0.353. The Morgan fingerprint density at radius 3 is 2.74 bits per heavy atom. The Hall–Kier alpha value is -1.30. The summed E-state index contributed by atoms with van der Waals surface area (Å²) in [6.45, 7) is 2.27. The van der Waals surface area contributed by atoms with Crippen molar-refractivity contribution in [1.82, 2.24) is 4.90 Å². The summed E-state index contributed by atoms with van der Waals surface area (Å²) >= 11 is 3.46. The van der Waals surface area contributed by atoms with Crippen LogP contribution < -0.4 is 10.5 Å². The van der Waals surface area contributed by atoms with E-state index in [-0.39, 0.29) is 24.9 Å². The van der Waals surface area contributed by atoms with Gasteiger partial charge < -0.3 is 15.4 Å². The molecular formula is C17H20BrClN2O2. The molecule has 1 atom stereocenters. The van der Waals surface area contributed by atoms with Crippen LogP contribution in [0.4, 0.5) is 0 Å². The van der Waals surface area contributed by atoms with Gasteiger partial charge in [0.05, 0.1) is 0 Å². The summed E-state index contributed by atoms with van der Waals surface area (Å²) in [6.07, 6.45) is 0.993. The third-order valence-electron chi connectivity index (χ3n) is 4.11. The maximum atomic E-state index is 12.1. The van der Waals surface area contributed by atoms with E-state index in [1.165, 1.54) is 0 Å². The molecule has 1 aliphatic rings. The largest absolute Gasteiger partial charge is 0.484 e. The van der Waals surface area contributed by atoms with E-state index < -0.39 is 0 Å². The van der Waals surface area contributed by atoms with Crippen molar-refractivity contribution in [2.75, 3.05) is 26.2 Å². The monoisotopic (exact) mass is 398 g/mol. The molecule has 4 nitrogen and oxygen atoms in total. The van der Waals surface area contributed by atoms with Crippen LogP contribution in [0.1, 0.15) is 6.42 Å². The Bertz CT molecular complexity index is 695. The first-order chi connectivity index (χ1) is 10.7. The molecule has 124 valence electrons. The van der Waals surface area contributed by atoms with Crippen LogP contribution in [-0.4, -0.2) is 37.0 Å². The highest BCUT2D eigenvalue weighted by atomic mass is 79.9. The maximum Gasteiger partial charge on any atom is 0.260 e. The molecule has 6 heteroatoms. The van der Waals surface area contributed by atoms with Crippen LogP contribution in [0.5, 0.6) is 5.75 Å². The number of carbonyl (C=O) groups excluding carboxylic acids is 1. The Morgan fingerprint density at radius 1 is 1.26 bits per heavy atom. The lowest BCUT2D eigenvalue weighted by Gasteiger charge is -2.16. The summed E-state index contributed by atoms with van der Waals surface area (Å²) in [4.78, 5) is 14.0. The van der Waals surface area contributed by atoms with Gasteiger partial charge in [-0.15, -0.1) is 12.4 Å². The zero-order chi connectivity index (χ0) is 15.5. The van der Waals surface area contributed by atoms with Gasteiger partial charge in [0.25, 0.3) is 5.91 Å². The van der Waals surface area contributed by atoms with Gasteiger partial charge in [0, 0.05) is 17.6 Å². The third-order valence-corrected chi connectivity index (χ3v) is 4.60. The number of amides is 1. The van der Waals surface area contributed by atoms with Crippen molar-refractivity contribution in [3.05, 3.63) is 40.9 Å². The van der Waals surface area contributed by atoms with E-state index in [0.717, 1.165) is 40.5 Å². The van der Waals surface area contributed by atoms with Crippen molar-refractivity contribution in [2.45, 2.75) is 6.42 Å². The molecule has 1 saturated heterocycles. The fourth-order valence-corrected chi connectivity index (χ4v) is 3.15. The van der Waals surface area contributed by atoms with Crippen LogP contribution in [0.25, 0.3) is 10.8 Å². The van der Waals surface area contributed by atoms with Gasteiger partial charge in [-0.1, -0.05) is 28.1 Å². The number of halogens is 2. The first-order valence-electron chi connectivity index (χ1n) is 7.45. The molecule has 0 spiro atoms. The van der Waals surface area contributed by atoms with E-state index in [1.54, 1.807) is 0 Å². The number of fused-ring (bicyclic) bond motifs is 1. The molecule has 2 N–H and O–H groups in total. The second-order valence-corrected chi connectivity index (χ2v) is 6.59. The average molecular weight is 400 g/mol. The molecule has 0 saturated carbocycles. The van der Waals surface area contributed by atoms with E-state index in [4.69, 9.17) is 10.5 Å². The van der Waals surface area contributed by atoms with Crippen LogP contribution in [0, 0.1) is 5.92 Å². The Balaban J connectivity index is 0.00000192. The molecule has 2 aromatic rings. The molecule has 2 aromatic carbocycles. The van der Waals surface area contributed by atoms with Crippen LogP contribution in [0.3, 0.4) is 0 Å². The first-order valence-corrected chi connectivity index (χ1v) is 8.25. The second-order valence-electron chi connectivity index (χ2n) is 5.67. The summed E-state index contributed by atoms with van der Waals surface area (Å²) < 4.78 is 6.70. The lowest BCUT2D eigenvalue weighted by Crippen LogP contribution is -2.33. The number of benzene rings is 2. The molecule has 0 aromatic heterocycles. The molecule has 3 rings (SSSR count). The number of rotatable bonds is 4. The zero-order valence-corrected chi connectivity index (χ0v) is 15.1. The SMILES string of the molecule is Cl.NCC1CCN(C(=O)COc2ccc3cc(Br)ccc3c2)C1. The molecule has 1 unspecified atom stereocenters. The van der Waals surface area contributed by atoms with Crippen molar-refractivity contribution in [3.63, 3.8) is 0 Å². The lowest BCUT2D eigenvalue weighted by molar-refractivity contribution is -0.132. The number of likely N-dealkylation sites (tertiary alicyclic amines) is 1. The summed E-state index contributed by atoms with van der Waals surface area (Å²) in [7, 11) is 0. The smallest absolute Gasteiger partial charge is 0.260 e. The van der Waals surface area contributed by atoms with Gasteiger partial charge in [-0.25, -0.2) is 0 Å². The fourth-order valence-electron chi connectivity index (χ4n) is 2.77. The highest BCUT2D eigenvalue weighted by Crippen LogP contribution is 2.24. The Labute approximate surface area is 150 Å². The zero-order valence-electron chi connectivity index (χ0n) is 12.7. The molecule has 0 radical (unpaired) electrons. The Kier molecular flexibility index (Phi) is 6.27. The third kappa shape index (κ3) is 4.37. The predicted octanol–water partition coefficient (Wildman–Crippen LogP) is 3.21. The highest BCUT2D eigenvalue weighted by Gasteiger charge is 2.25. The van der Waals surface area contributed by atoms with Crippen LogP contribution in [0.2, 0.25) is 0 Å². The van der Waals surface area contributed by atoms with Gasteiger partial charge in [0.2, 0.25) is 0 Å². The van der Waals surface area contributed by atoms with Crippen molar-refractivity contribution in [3.8, 4) is 5.75 Å². The number of hydrogen-bond acceptors (Lipinski definition) is 3. The van der Waals surface area contributed by atoms with Gasteiger partial charge in [-0.05, 0) is 53.9 Å². The highest BCUT2D eigenvalue weighted by molar-refractivity contribution is 9.10. The van der Waals surface area contributed by atoms with Gasteiger partial charge in [-0.2, -0.15) is 0 Å². The van der Waals surface area contributed by atoms with Crippen LogP contribution >= 0.6 is 28.3 Å².